The van der Waals surface area contributed by atoms with Crippen molar-refractivity contribution in [2.75, 3.05) is 33.5 Å². The third kappa shape index (κ3) is 2.07. The first kappa shape index (κ1) is 15.9. The number of likely N-dealkylation sites (N-methyl/N-ethyl adjacent to an activating group) is 1. The molecule has 1 atom stereocenters. The Labute approximate surface area is 146 Å². The minimum absolute atomic E-state index is 0.0144. The molecule has 0 saturated carbocycles. The Morgan fingerprint density at radius 2 is 1.96 bits per heavy atom. The summed E-state index contributed by atoms with van der Waals surface area (Å²) in [6, 6.07) is 3.69. The molecular formula is C19H22N2O4. The first-order valence-corrected chi connectivity index (χ1v) is 8.29. The number of phenolic OH excluding ortho intramolecular Hbond substituents is 2. The summed E-state index contributed by atoms with van der Waals surface area (Å²) >= 11 is 0. The molecule has 25 heavy (non-hydrogen) atoms. The molecule has 0 aromatic heterocycles. The number of hydrogen-bond donors (Lipinski definition) is 3. The molecule has 0 radical (unpaired) electrons. The summed E-state index contributed by atoms with van der Waals surface area (Å²) < 4.78 is 10.8. The predicted octanol–water partition coefficient (Wildman–Crippen LogP) is 2.45. The summed E-state index contributed by atoms with van der Waals surface area (Å²) in [5.74, 6) is 0.875. The van der Waals surface area contributed by atoms with E-state index < -0.39 is 0 Å². The first-order chi connectivity index (χ1) is 12.0. The van der Waals surface area contributed by atoms with Gasteiger partial charge < -0.3 is 25.4 Å². The van der Waals surface area contributed by atoms with Crippen LogP contribution in [0.15, 0.2) is 12.1 Å². The predicted molar refractivity (Wildman–Crippen MR) is 95.5 cm³/mol. The van der Waals surface area contributed by atoms with Crippen molar-refractivity contribution in [3.63, 3.8) is 0 Å². The largest absolute Gasteiger partial charge is 0.504 e. The zero-order valence-corrected chi connectivity index (χ0v) is 14.6. The standard InChI is InChI=1S/C19H22N2O4/c1-21-5-4-10-15-12(21)6-9-7-13(22)14(24-2)8-11(9)16(15)19(25-3)18(23)17(10)20/h7-8,12,22-23H,4-6,20H2,1-3H3. The summed E-state index contributed by atoms with van der Waals surface area (Å²) in [7, 11) is 5.14. The molecular weight excluding hydrogens is 320 g/mol. The number of anilines is 1. The van der Waals surface area contributed by atoms with Gasteiger partial charge in [-0.15, -0.1) is 0 Å². The van der Waals surface area contributed by atoms with Crippen molar-refractivity contribution < 1.29 is 19.7 Å². The van der Waals surface area contributed by atoms with E-state index in [1.807, 2.05) is 6.07 Å². The summed E-state index contributed by atoms with van der Waals surface area (Å²) in [5.41, 5.74) is 11.5. The maximum absolute atomic E-state index is 10.6. The summed E-state index contributed by atoms with van der Waals surface area (Å²) in [6.45, 7) is 0.866. The third-order valence-corrected chi connectivity index (χ3v) is 5.49. The Bertz CT molecular complexity index is 879. The van der Waals surface area contributed by atoms with Crippen LogP contribution in [0.4, 0.5) is 5.69 Å². The second-order valence-electron chi connectivity index (χ2n) is 6.69. The molecule has 6 heteroatoms. The molecule has 0 amide bonds. The molecule has 2 aliphatic rings. The molecule has 1 aliphatic carbocycles. The van der Waals surface area contributed by atoms with Crippen LogP contribution in [0.2, 0.25) is 0 Å². The fourth-order valence-corrected chi connectivity index (χ4v) is 4.21. The van der Waals surface area contributed by atoms with E-state index in [0.717, 1.165) is 47.2 Å². The average Bonchev–Trinajstić information content (AvgIpc) is 2.60. The van der Waals surface area contributed by atoms with Gasteiger partial charge in [0.1, 0.15) is 0 Å². The van der Waals surface area contributed by atoms with E-state index in [9.17, 15) is 10.2 Å². The highest BCUT2D eigenvalue weighted by atomic mass is 16.5. The molecule has 0 saturated heterocycles. The summed E-state index contributed by atoms with van der Waals surface area (Å²) in [4.78, 5) is 2.28. The second kappa shape index (κ2) is 5.46. The Morgan fingerprint density at radius 1 is 1.20 bits per heavy atom. The smallest absolute Gasteiger partial charge is 0.182 e. The fourth-order valence-electron chi connectivity index (χ4n) is 4.21. The molecule has 0 spiro atoms. The van der Waals surface area contributed by atoms with Gasteiger partial charge in [-0.2, -0.15) is 0 Å². The molecule has 4 N–H and O–H groups in total. The maximum atomic E-state index is 10.6. The monoisotopic (exact) mass is 342 g/mol. The highest BCUT2D eigenvalue weighted by Crippen LogP contribution is 2.55. The number of hydrogen-bond acceptors (Lipinski definition) is 6. The van der Waals surface area contributed by atoms with Crippen LogP contribution in [-0.4, -0.2) is 42.9 Å². The van der Waals surface area contributed by atoms with Gasteiger partial charge in [-0.25, -0.2) is 0 Å². The van der Waals surface area contributed by atoms with Gasteiger partial charge in [0.25, 0.3) is 0 Å². The molecule has 0 bridgehead atoms. The number of benzene rings is 2. The zero-order valence-electron chi connectivity index (χ0n) is 14.6. The Kier molecular flexibility index (Phi) is 3.47. The molecule has 2 aromatic rings. The van der Waals surface area contributed by atoms with Crippen molar-refractivity contribution in [3.05, 3.63) is 28.8 Å². The van der Waals surface area contributed by atoms with Crippen molar-refractivity contribution in [2.45, 2.75) is 18.9 Å². The lowest BCUT2D eigenvalue weighted by molar-refractivity contribution is 0.227. The minimum atomic E-state index is -0.0144. The number of aromatic hydroxyl groups is 2. The van der Waals surface area contributed by atoms with Crippen molar-refractivity contribution in [2.24, 2.45) is 0 Å². The second-order valence-corrected chi connectivity index (χ2v) is 6.69. The van der Waals surface area contributed by atoms with E-state index in [0.29, 0.717) is 17.2 Å². The van der Waals surface area contributed by atoms with E-state index in [2.05, 4.69) is 11.9 Å². The van der Waals surface area contributed by atoms with E-state index in [4.69, 9.17) is 15.2 Å². The van der Waals surface area contributed by atoms with Crippen molar-refractivity contribution in [3.8, 4) is 34.1 Å². The molecule has 132 valence electrons. The number of fused-ring (bicyclic) bond motifs is 2. The van der Waals surface area contributed by atoms with Crippen LogP contribution in [0.5, 0.6) is 23.0 Å². The summed E-state index contributed by atoms with van der Waals surface area (Å²) in [5, 5.41) is 20.8. The van der Waals surface area contributed by atoms with Crippen LogP contribution >= 0.6 is 0 Å². The van der Waals surface area contributed by atoms with E-state index in [1.54, 1.807) is 6.07 Å². The first-order valence-electron chi connectivity index (χ1n) is 8.29. The Balaban J connectivity index is 2.11. The maximum Gasteiger partial charge on any atom is 0.182 e. The van der Waals surface area contributed by atoms with Crippen LogP contribution in [0.25, 0.3) is 11.1 Å². The number of ether oxygens (including phenoxy) is 2. The van der Waals surface area contributed by atoms with E-state index in [1.165, 1.54) is 14.2 Å². The highest BCUT2D eigenvalue weighted by Gasteiger charge is 2.38. The molecule has 1 aliphatic heterocycles. The molecule has 1 heterocycles. The third-order valence-electron chi connectivity index (χ3n) is 5.49. The zero-order chi connectivity index (χ0) is 17.9. The fraction of sp³-hybridized carbons (Fsp3) is 0.368. The minimum Gasteiger partial charge on any atom is -0.504 e. The lowest BCUT2D eigenvalue weighted by atomic mass is 9.76. The number of nitrogens with two attached hydrogens (primary N) is 1. The summed E-state index contributed by atoms with van der Waals surface area (Å²) in [6.07, 6.45) is 1.54. The topological polar surface area (TPSA) is 88.2 Å². The van der Waals surface area contributed by atoms with Crippen molar-refractivity contribution in [1.82, 2.24) is 4.90 Å². The normalized spacial score (nSPS) is 18.4. The van der Waals surface area contributed by atoms with E-state index in [-0.39, 0.29) is 17.5 Å². The lowest BCUT2D eigenvalue weighted by Gasteiger charge is -2.41. The molecule has 2 aromatic carbocycles. The van der Waals surface area contributed by atoms with Gasteiger partial charge in [-0.1, -0.05) is 0 Å². The van der Waals surface area contributed by atoms with Crippen molar-refractivity contribution >= 4 is 5.69 Å². The molecule has 6 nitrogen and oxygen atoms in total. The van der Waals surface area contributed by atoms with Gasteiger partial charge in [0, 0.05) is 18.2 Å². The van der Waals surface area contributed by atoms with Gasteiger partial charge in [0.15, 0.2) is 23.0 Å². The van der Waals surface area contributed by atoms with Crippen LogP contribution in [0.1, 0.15) is 22.7 Å². The van der Waals surface area contributed by atoms with E-state index >= 15 is 0 Å². The van der Waals surface area contributed by atoms with Crippen LogP contribution in [0.3, 0.4) is 0 Å². The van der Waals surface area contributed by atoms with Gasteiger partial charge >= 0.3 is 0 Å². The molecule has 4 rings (SSSR count). The Morgan fingerprint density at radius 3 is 2.64 bits per heavy atom. The highest BCUT2D eigenvalue weighted by molar-refractivity contribution is 5.89. The number of rotatable bonds is 2. The molecule has 0 fully saturated rings. The van der Waals surface area contributed by atoms with Gasteiger partial charge in [0.2, 0.25) is 0 Å². The lowest BCUT2D eigenvalue weighted by Crippen LogP contribution is -2.36. The van der Waals surface area contributed by atoms with Crippen LogP contribution < -0.4 is 15.2 Å². The number of phenols is 2. The average molecular weight is 342 g/mol. The molecule has 1 unspecified atom stereocenters. The van der Waals surface area contributed by atoms with Crippen molar-refractivity contribution in [1.29, 1.82) is 0 Å². The quantitative estimate of drug-likeness (QED) is 0.574. The number of nitrogen functional groups attached to an aromatic ring is 1. The SMILES string of the molecule is COc1cc2c(cc1O)CC1c3c(c(N)c(O)c(OC)c3-2)CCN1C. The van der Waals surface area contributed by atoms with Gasteiger partial charge in [-0.05, 0) is 54.3 Å². The number of methoxy groups -OCH3 is 2. The van der Waals surface area contributed by atoms with Crippen LogP contribution in [0, 0.1) is 0 Å². The number of nitrogens with zero attached hydrogens (tertiary/aromatic N) is 1. The van der Waals surface area contributed by atoms with Gasteiger partial charge in [0.05, 0.1) is 19.9 Å². The Hall–Kier alpha value is -2.60. The van der Waals surface area contributed by atoms with Gasteiger partial charge in [-0.3, -0.25) is 4.90 Å². The van der Waals surface area contributed by atoms with Crippen LogP contribution in [-0.2, 0) is 12.8 Å².